The summed E-state index contributed by atoms with van der Waals surface area (Å²) in [6.45, 7) is 4.70. The Bertz CT molecular complexity index is 676. The van der Waals surface area contributed by atoms with Gasteiger partial charge in [0.05, 0.1) is 18.9 Å². The average Bonchev–Trinajstić information content (AvgIpc) is 3.11. The van der Waals surface area contributed by atoms with Gasteiger partial charge in [0.1, 0.15) is 12.1 Å². The number of nitrogens with two attached hydrogens (primary N) is 1. The number of aromatic amines is 1. The summed E-state index contributed by atoms with van der Waals surface area (Å²) in [5.74, 6) is -2.80. The number of hydrogen-bond acceptors (Lipinski definition) is 6. The average molecular weight is 396 g/mol. The van der Waals surface area contributed by atoms with E-state index >= 15 is 0 Å². The molecule has 0 saturated carbocycles. The first-order chi connectivity index (χ1) is 13.1. The molecule has 0 spiro atoms. The molecule has 1 rings (SSSR count). The molecule has 0 aliphatic carbocycles. The SMILES string of the molecule is CC(C)CC(NC(=O)CNC(=O)C(N)Cc1cnc[nH]1)C(=O)NC(C)C(=O)O. The van der Waals surface area contributed by atoms with E-state index in [1.54, 1.807) is 6.20 Å². The standard InChI is InChI=1S/C17H28N6O5/c1-9(2)4-13(16(26)22-10(3)17(27)28)23-14(24)7-20-15(25)12(18)5-11-6-19-8-21-11/h6,8-10,12-13H,4-5,7,18H2,1-3H3,(H,19,21)(H,20,25)(H,22,26)(H,23,24)(H,27,28). The van der Waals surface area contributed by atoms with Crippen molar-refractivity contribution in [3.8, 4) is 0 Å². The van der Waals surface area contributed by atoms with E-state index in [0.29, 0.717) is 12.1 Å². The molecule has 7 N–H and O–H groups in total. The first-order valence-electron chi connectivity index (χ1n) is 8.93. The molecule has 11 heteroatoms. The van der Waals surface area contributed by atoms with Crippen molar-refractivity contribution in [2.45, 2.75) is 51.7 Å². The molecule has 0 bridgehead atoms. The molecule has 1 aromatic rings. The number of carboxylic acid groups (broad SMARTS) is 1. The van der Waals surface area contributed by atoms with Crippen molar-refractivity contribution in [1.29, 1.82) is 0 Å². The van der Waals surface area contributed by atoms with Crippen molar-refractivity contribution in [2.24, 2.45) is 11.7 Å². The van der Waals surface area contributed by atoms with E-state index in [0.717, 1.165) is 0 Å². The van der Waals surface area contributed by atoms with Crippen LogP contribution in [0.1, 0.15) is 32.9 Å². The van der Waals surface area contributed by atoms with E-state index < -0.39 is 41.8 Å². The Morgan fingerprint density at radius 2 is 1.86 bits per heavy atom. The zero-order valence-electron chi connectivity index (χ0n) is 16.2. The molecule has 3 amide bonds. The van der Waals surface area contributed by atoms with Crippen LogP contribution in [0.25, 0.3) is 0 Å². The van der Waals surface area contributed by atoms with Crippen LogP contribution in [0.3, 0.4) is 0 Å². The number of nitrogens with one attached hydrogen (secondary N) is 4. The zero-order valence-corrected chi connectivity index (χ0v) is 16.2. The maximum Gasteiger partial charge on any atom is 0.325 e. The van der Waals surface area contributed by atoms with E-state index in [9.17, 15) is 19.2 Å². The van der Waals surface area contributed by atoms with Gasteiger partial charge in [0, 0.05) is 18.3 Å². The second-order valence-electron chi connectivity index (χ2n) is 6.92. The summed E-state index contributed by atoms with van der Waals surface area (Å²) in [6, 6.07) is -2.86. The summed E-state index contributed by atoms with van der Waals surface area (Å²) in [4.78, 5) is 53.9. The Hall–Kier alpha value is -2.95. The van der Waals surface area contributed by atoms with Gasteiger partial charge in [-0.25, -0.2) is 4.98 Å². The Labute approximate surface area is 162 Å². The summed E-state index contributed by atoms with van der Waals surface area (Å²) in [5, 5.41) is 16.2. The lowest BCUT2D eigenvalue weighted by molar-refractivity contribution is -0.141. The predicted octanol–water partition coefficient (Wildman–Crippen LogP) is -1.48. The van der Waals surface area contributed by atoms with Crippen LogP contribution >= 0.6 is 0 Å². The number of aromatic nitrogens is 2. The smallest absolute Gasteiger partial charge is 0.325 e. The van der Waals surface area contributed by atoms with E-state index in [1.165, 1.54) is 13.3 Å². The quantitative estimate of drug-likeness (QED) is 0.264. The van der Waals surface area contributed by atoms with Gasteiger partial charge in [-0.15, -0.1) is 0 Å². The number of H-pyrrole nitrogens is 1. The number of carbonyl (C=O) groups excluding carboxylic acids is 3. The van der Waals surface area contributed by atoms with E-state index in [-0.39, 0.29) is 18.9 Å². The van der Waals surface area contributed by atoms with Crippen molar-refractivity contribution < 1.29 is 24.3 Å². The van der Waals surface area contributed by atoms with Crippen LogP contribution in [-0.2, 0) is 25.6 Å². The van der Waals surface area contributed by atoms with Gasteiger partial charge in [-0.05, 0) is 19.3 Å². The Morgan fingerprint density at radius 3 is 2.39 bits per heavy atom. The predicted molar refractivity (Wildman–Crippen MR) is 99.9 cm³/mol. The van der Waals surface area contributed by atoms with Gasteiger partial charge in [-0.3, -0.25) is 19.2 Å². The topological polar surface area (TPSA) is 179 Å². The fraction of sp³-hybridized carbons (Fsp3) is 0.588. The van der Waals surface area contributed by atoms with Crippen LogP contribution in [0, 0.1) is 5.92 Å². The third-order valence-corrected chi connectivity index (χ3v) is 3.84. The molecular weight excluding hydrogens is 368 g/mol. The van der Waals surface area contributed by atoms with Crippen LogP contribution in [-0.4, -0.2) is 63.4 Å². The van der Waals surface area contributed by atoms with Crippen molar-refractivity contribution in [3.05, 3.63) is 18.2 Å². The lowest BCUT2D eigenvalue weighted by atomic mass is 10.0. The number of carboxylic acids is 1. The van der Waals surface area contributed by atoms with Crippen molar-refractivity contribution in [1.82, 2.24) is 25.9 Å². The van der Waals surface area contributed by atoms with Gasteiger partial charge in [0.25, 0.3) is 0 Å². The molecular formula is C17H28N6O5. The first-order valence-corrected chi connectivity index (χ1v) is 8.93. The molecule has 3 unspecified atom stereocenters. The summed E-state index contributed by atoms with van der Waals surface area (Å²) in [7, 11) is 0. The highest BCUT2D eigenvalue weighted by molar-refractivity contribution is 5.92. The van der Waals surface area contributed by atoms with Crippen LogP contribution in [0.2, 0.25) is 0 Å². The number of hydrogen-bond donors (Lipinski definition) is 6. The van der Waals surface area contributed by atoms with Crippen molar-refractivity contribution in [2.75, 3.05) is 6.54 Å². The number of amides is 3. The molecule has 1 aromatic heterocycles. The molecule has 156 valence electrons. The minimum absolute atomic E-state index is 0.0774. The van der Waals surface area contributed by atoms with Gasteiger partial charge in [0.15, 0.2) is 0 Å². The van der Waals surface area contributed by atoms with E-state index in [2.05, 4.69) is 25.9 Å². The minimum atomic E-state index is -1.18. The molecule has 0 fully saturated rings. The fourth-order valence-corrected chi connectivity index (χ4v) is 2.35. The number of rotatable bonds is 11. The van der Waals surface area contributed by atoms with E-state index in [1.807, 2.05) is 13.8 Å². The van der Waals surface area contributed by atoms with Crippen molar-refractivity contribution in [3.63, 3.8) is 0 Å². The minimum Gasteiger partial charge on any atom is -0.480 e. The summed E-state index contributed by atoms with van der Waals surface area (Å²) < 4.78 is 0. The van der Waals surface area contributed by atoms with Crippen LogP contribution in [0.4, 0.5) is 0 Å². The largest absolute Gasteiger partial charge is 0.480 e. The summed E-state index contributed by atoms with van der Waals surface area (Å²) >= 11 is 0. The maximum atomic E-state index is 12.2. The second-order valence-corrected chi connectivity index (χ2v) is 6.92. The fourth-order valence-electron chi connectivity index (χ4n) is 2.35. The molecule has 0 radical (unpaired) electrons. The van der Waals surface area contributed by atoms with Crippen molar-refractivity contribution >= 4 is 23.7 Å². The highest BCUT2D eigenvalue weighted by Crippen LogP contribution is 2.05. The van der Waals surface area contributed by atoms with Crippen LogP contribution in [0.5, 0.6) is 0 Å². The van der Waals surface area contributed by atoms with Gasteiger partial charge in [-0.1, -0.05) is 13.8 Å². The van der Waals surface area contributed by atoms with Gasteiger partial charge in [-0.2, -0.15) is 0 Å². The Balaban J connectivity index is 2.53. The Morgan fingerprint density at radius 1 is 1.18 bits per heavy atom. The summed E-state index contributed by atoms with van der Waals surface area (Å²) in [6.07, 6.45) is 3.57. The first kappa shape index (κ1) is 23.1. The molecule has 28 heavy (non-hydrogen) atoms. The normalized spacial score (nSPS) is 14.0. The van der Waals surface area contributed by atoms with Gasteiger partial charge < -0.3 is 31.8 Å². The summed E-state index contributed by atoms with van der Waals surface area (Å²) in [5.41, 5.74) is 6.47. The lowest BCUT2D eigenvalue weighted by Crippen LogP contribution is -2.53. The van der Waals surface area contributed by atoms with Crippen LogP contribution in [0.15, 0.2) is 12.5 Å². The zero-order chi connectivity index (χ0) is 21.3. The Kier molecular flexibility index (Phi) is 9.09. The second kappa shape index (κ2) is 11.0. The van der Waals surface area contributed by atoms with Gasteiger partial charge in [0.2, 0.25) is 17.7 Å². The third-order valence-electron chi connectivity index (χ3n) is 3.84. The molecule has 3 atom stereocenters. The molecule has 0 aliphatic rings. The molecule has 11 nitrogen and oxygen atoms in total. The lowest BCUT2D eigenvalue weighted by Gasteiger charge is -2.21. The molecule has 1 heterocycles. The highest BCUT2D eigenvalue weighted by Gasteiger charge is 2.25. The number of carbonyl (C=O) groups is 4. The highest BCUT2D eigenvalue weighted by atomic mass is 16.4. The number of aliphatic carboxylic acids is 1. The number of nitrogens with zero attached hydrogens (tertiary/aromatic N) is 1. The van der Waals surface area contributed by atoms with Crippen LogP contribution < -0.4 is 21.7 Å². The van der Waals surface area contributed by atoms with Gasteiger partial charge >= 0.3 is 5.97 Å². The molecule has 0 saturated heterocycles. The maximum absolute atomic E-state index is 12.2. The number of imidazole rings is 1. The third kappa shape index (κ3) is 8.16. The van der Waals surface area contributed by atoms with E-state index in [4.69, 9.17) is 10.8 Å². The molecule has 0 aromatic carbocycles. The molecule has 0 aliphatic heterocycles. The monoisotopic (exact) mass is 396 g/mol.